The summed E-state index contributed by atoms with van der Waals surface area (Å²) in [5.41, 5.74) is 1.86. The average molecular weight is 355 g/mol. The molecule has 6 nitrogen and oxygen atoms in total. The summed E-state index contributed by atoms with van der Waals surface area (Å²) in [6.45, 7) is 0. The number of nitrogens with zero attached hydrogens (tertiary/aromatic N) is 2. The second-order valence-corrected chi connectivity index (χ2v) is 5.51. The van der Waals surface area contributed by atoms with Gasteiger partial charge in [0.05, 0.1) is 29.6 Å². The Bertz CT molecular complexity index is 870. The Labute approximate surface area is 149 Å². The molecule has 0 bridgehead atoms. The minimum absolute atomic E-state index is 0.238. The maximum absolute atomic E-state index is 12.1. The van der Waals surface area contributed by atoms with Crippen molar-refractivity contribution in [3.63, 3.8) is 0 Å². The minimum atomic E-state index is -0.238. The maximum atomic E-state index is 12.1. The second-order valence-electron chi connectivity index (χ2n) is 5.10. The van der Waals surface area contributed by atoms with Gasteiger partial charge in [-0.1, -0.05) is 11.6 Å². The Morgan fingerprint density at radius 1 is 1.12 bits per heavy atom. The predicted molar refractivity (Wildman–Crippen MR) is 97.7 cm³/mol. The van der Waals surface area contributed by atoms with Crippen LogP contribution in [0.5, 0.6) is 5.75 Å². The SMILES string of the molecule is COc1ccc(Nc2ccc(NC(=O)c3cccnc3)cn2)cc1Cl. The summed E-state index contributed by atoms with van der Waals surface area (Å²) >= 11 is 6.10. The number of pyridine rings is 2. The van der Waals surface area contributed by atoms with Gasteiger partial charge in [-0.25, -0.2) is 4.98 Å². The van der Waals surface area contributed by atoms with E-state index in [1.165, 1.54) is 6.20 Å². The number of nitrogens with one attached hydrogen (secondary N) is 2. The number of amides is 1. The summed E-state index contributed by atoms with van der Waals surface area (Å²) in [6, 6.07) is 12.3. The lowest BCUT2D eigenvalue weighted by Gasteiger charge is -2.09. The summed E-state index contributed by atoms with van der Waals surface area (Å²) in [5, 5.41) is 6.41. The fraction of sp³-hybridized carbons (Fsp3) is 0.0556. The number of hydrogen-bond donors (Lipinski definition) is 2. The number of anilines is 3. The van der Waals surface area contributed by atoms with Crippen LogP contribution in [0.25, 0.3) is 0 Å². The van der Waals surface area contributed by atoms with Crippen molar-refractivity contribution in [2.75, 3.05) is 17.7 Å². The smallest absolute Gasteiger partial charge is 0.257 e. The number of carbonyl (C=O) groups excluding carboxylic acids is 1. The topological polar surface area (TPSA) is 76.1 Å². The molecule has 3 aromatic rings. The summed E-state index contributed by atoms with van der Waals surface area (Å²) in [7, 11) is 1.56. The van der Waals surface area contributed by atoms with E-state index in [1.54, 1.807) is 55.9 Å². The van der Waals surface area contributed by atoms with E-state index >= 15 is 0 Å². The van der Waals surface area contributed by atoms with E-state index in [0.717, 1.165) is 5.69 Å². The van der Waals surface area contributed by atoms with Crippen LogP contribution in [0.3, 0.4) is 0 Å². The van der Waals surface area contributed by atoms with Crippen LogP contribution >= 0.6 is 11.6 Å². The molecular formula is C18H15ClN4O2. The van der Waals surface area contributed by atoms with E-state index in [9.17, 15) is 4.79 Å². The standard InChI is InChI=1S/C18H15ClN4O2/c1-25-16-6-4-13(9-15(16)19)22-17-7-5-14(11-21-17)23-18(24)12-3-2-8-20-10-12/h2-11H,1H3,(H,21,22)(H,23,24). The van der Waals surface area contributed by atoms with Crippen molar-refractivity contribution < 1.29 is 9.53 Å². The minimum Gasteiger partial charge on any atom is -0.495 e. The number of halogens is 1. The van der Waals surface area contributed by atoms with Gasteiger partial charge >= 0.3 is 0 Å². The molecule has 25 heavy (non-hydrogen) atoms. The van der Waals surface area contributed by atoms with Crippen LogP contribution in [-0.4, -0.2) is 23.0 Å². The van der Waals surface area contributed by atoms with Gasteiger partial charge < -0.3 is 15.4 Å². The van der Waals surface area contributed by atoms with Crippen molar-refractivity contribution in [1.82, 2.24) is 9.97 Å². The lowest BCUT2D eigenvalue weighted by molar-refractivity contribution is 0.102. The molecule has 0 fully saturated rings. The molecule has 0 saturated heterocycles. The zero-order chi connectivity index (χ0) is 17.6. The summed E-state index contributed by atoms with van der Waals surface area (Å²) in [4.78, 5) is 20.3. The number of methoxy groups -OCH3 is 1. The van der Waals surface area contributed by atoms with E-state index in [4.69, 9.17) is 16.3 Å². The third-order valence-corrected chi connectivity index (χ3v) is 3.66. The molecule has 0 aliphatic rings. The van der Waals surface area contributed by atoms with Crippen molar-refractivity contribution in [3.05, 3.63) is 71.6 Å². The molecule has 0 atom stereocenters. The first-order valence-electron chi connectivity index (χ1n) is 7.44. The van der Waals surface area contributed by atoms with Gasteiger partial charge in [-0.2, -0.15) is 0 Å². The van der Waals surface area contributed by atoms with E-state index in [2.05, 4.69) is 20.6 Å². The van der Waals surface area contributed by atoms with Crippen LogP contribution in [0.2, 0.25) is 5.02 Å². The third kappa shape index (κ3) is 4.24. The van der Waals surface area contributed by atoms with Crippen molar-refractivity contribution in [1.29, 1.82) is 0 Å². The van der Waals surface area contributed by atoms with E-state index in [-0.39, 0.29) is 5.91 Å². The monoisotopic (exact) mass is 354 g/mol. The Hall–Kier alpha value is -3.12. The third-order valence-electron chi connectivity index (χ3n) is 3.37. The molecule has 3 rings (SSSR count). The van der Waals surface area contributed by atoms with Gasteiger partial charge in [-0.15, -0.1) is 0 Å². The van der Waals surface area contributed by atoms with Gasteiger partial charge in [0.2, 0.25) is 0 Å². The molecule has 0 spiro atoms. The highest BCUT2D eigenvalue weighted by atomic mass is 35.5. The lowest BCUT2D eigenvalue weighted by atomic mass is 10.2. The highest BCUT2D eigenvalue weighted by molar-refractivity contribution is 6.32. The van der Waals surface area contributed by atoms with E-state index < -0.39 is 0 Å². The zero-order valence-corrected chi connectivity index (χ0v) is 14.1. The molecule has 0 aliphatic heterocycles. The molecule has 7 heteroatoms. The molecule has 2 heterocycles. The zero-order valence-electron chi connectivity index (χ0n) is 13.4. The van der Waals surface area contributed by atoms with E-state index in [1.807, 2.05) is 6.07 Å². The fourth-order valence-electron chi connectivity index (χ4n) is 2.13. The first-order valence-corrected chi connectivity index (χ1v) is 7.81. The highest BCUT2D eigenvalue weighted by Crippen LogP contribution is 2.28. The number of aromatic nitrogens is 2. The Kier molecular flexibility index (Phi) is 5.11. The molecule has 1 amide bonds. The Morgan fingerprint density at radius 3 is 2.60 bits per heavy atom. The molecule has 0 aliphatic carbocycles. The Balaban J connectivity index is 1.66. The molecule has 2 aromatic heterocycles. The van der Waals surface area contributed by atoms with Crippen molar-refractivity contribution >= 4 is 34.7 Å². The van der Waals surface area contributed by atoms with Crippen LogP contribution in [0.1, 0.15) is 10.4 Å². The second kappa shape index (κ2) is 7.63. The van der Waals surface area contributed by atoms with Gasteiger partial charge in [0.1, 0.15) is 11.6 Å². The van der Waals surface area contributed by atoms with Gasteiger partial charge in [0.25, 0.3) is 5.91 Å². The molecule has 0 unspecified atom stereocenters. The van der Waals surface area contributed by atoms with Crippen molar-refractivity contribution in [2.45, 2.75) is 0 Å². The van der Waals surface area contributed by atoms with Gasteiger partial charge in [-0.05, 0) is 42.5 Å². The van der Waals surface area contributed by atoms with Crippen LogP contribution in [0.4, 0.5) is 17.2 Å². The first kappa shape index (κ1) is 16.7. The first-order chi connectivity index (χ1) is 12.2. The molecule has 0 saturated carbocycles. The van der Waals surface area contributed by atoms with Crippen LogP contribution in [-0.2, 0) is 0 Å². The fourth-order valence-corrected chi connectivity index (χ4v) is 2.39. The highest BCUT2D eigenvalue weighted by Gasteiger charge is 2.07. The number of rotatable bonds is 5. The molecular weight excluding hydrogens is 340 g/mol. The molecule has 1 aromatic carbocycles. The van der Waals surface area contributed by atoms with Gasteiger partial charge in [0.15, 0.2) is 0 Å². The van der Waals surface area contributed by atoms with Crippen molar-refractivity contribution in [3.8, 4) is 5.75 Å². The van der Waals surface area contributed by atoms with Crippen LogP contribution < -0.4 is 15.4 Å². The number of carbonyl (C=O) groups is 1. The average Bonchev–Trinajstić information content (AvgIpc) is 2.64. The summed E-state index contributed by atoms with van der Waals surface area (Å²) < 4.78 is 5.12. The molecule has 126 valence electrons. The van der Waals surface area contributed by atoms with Crippen LogP contribution in [0, 0.1) is 0 Å². The van der Waals surface area contributed by atoms with Gasteiger partial charge in [-0.3, -0.25) is 9.78 Å². The predicted octanol–water partition coefficient (Wildman–Crippen LogP) is 4.13. The molecule has 2 N–H and O–H groups in total. The number of ether oxygens (including phenoxy) is 1. The number of benzene rings is 1. The maximum Gasteiger partial charge on any atom is 0.257 e. The lowest BCUT2D eigenvalue weighted by Crippen LogP contribution is -2.12. The van der Waals surface area contributed by atoms with Crippen LogP contribution in [0.15, 0.2) is 61.1 Å². The molecule has 0 radical (unpaired) electrons. The summed E-state index contributed by atoms with van der Waals surface area (Å²) in [6.07, 6.45) is 4.69. The number of hydrogen-bond acceptors (Lipinski definition) is 5. The quantitative estimate of drug-likeness (QED) is 0.720. The van der Waals surface area contributed by atoms with Gasteiger partial charge in [0, 0.05) is 18.1 Å². The van der Waals surface area contributed by atoms with E-state index in [0.29, 0.717) is 27.8 Å². The Morgan fingerprint density at radius 2 is 1.96 bits per heavy atom. The largest absolute Gasteiger partial charge is 0.495 e. The van der Waals surface area contributed by atoms with Crippen molar-refractivity contribution in [2.24, 2.45) is 0 Å². The normalized spacial score (nSPS) is 10.2. The summed E-state index contributed by atoms with van der Waals surface area (Å²) in [5.74, 6) is 0.992.